The lowest BCUT2D eigenvalue weighted by atomic mass is 10.4. The summed E-state index contributed by atoms with van der Waals surface area (Å²) in [4.78, 5) is 10.9. The zero-order valence-electron chi connectivity index (χ0n) is 6.48. The summed E-state index contributed by atoms with van der Waals surface area (Å²) in [5, 5.41) is 17.4. The number of nitrogens with zero attached hydrogens (tertiary/aromatic N) is 2. The first kappa shape index (κ1) is 8.45. The van der Waals surface area contributed by atoms with E-state index in [-0.39, 0.29) is 18.1 Å². The van der Waals surface area contributed by atoms with Crippen LogP contribution >= 0.6 is 0 Å². The van der Waals surface area contributed by atoms with Crippen LogP contribution in [0.5, 0.6) is 5.75 Å². The third-order valence-corrected chi connectivity index (χ3v) is 1.11. The summed E-state index contributed by atoms with van der Waals surface area (Å²) in [6.07, 6.45) is 1.03. The van der Waals surface area contributed by atoms with Crippen LogP contribution in [-0.2, 0) is 9.84 Å². The lowest BCUT2D eigenvalue weighted by Gasteiger charge is -1.98. The molecule has 1 rings (SSSR count). The van der Waals surface area contributed by atoms with Crippen LogP contribution in [0.25, 0.3) is 0 Å². The number of hydrogen-bond acceptors (Lipinski definition) is 4. The third kappa shape index (κ3) is 1.91. The lowest BCUT2D eigenvalue weighted by molar-refractivity contribution is 0.0517. The van der Waals surface area contributed by atoms with Crippen molar-refractivity contribution in [1.82, 2.24) is 10.2 Å². The van der Waals surface area contributed by atoms with Gasteiger partial charge in [0.05, 0.1) is 12.8 Å². The molecule has 0 aromatic carbocycles. The molecular weight excluding hydrogens is 160 g/mol. The number of ether oxygens (including phenoxy) is 1. The first-order chi connectivity index (χ1) is 5.74. The van der Waals surface area contributed by atoms with Crippen molar-refractivity contribution in [2.24, 2.45) is 0 Å². The van der Waals surface area contributed by atoms with Gasteiger partial charge in [-0.25, -0.2) is 4.79 Å². The van der Waals surface area contributed by atoms with Crippen LogP contribution in [0.1, 0.15) is 17.4 Å². The van der Waals surface area contributed by atoms with Crippen LogP contribution in [0.15, 0.2) is 12.3 Å². The Labute approximate surface area is 69.0 Å². The molecule has 12 heavy (non-hydrogen) atoms. The van der Waals surface area contributed by atoms with E-state index in [2.05, 4.69) is 14.9 Å². The van der Waals surface area contributed by atoms with Crippen LogP contribution in [-0.4, -0.2) is 22.8 Å². The predicted octanol–water partition coefficient (Wildman–Crippen LogP) is 0.797. The smallest absolute Gasteiger partial charge is 0.358 e. The monoisotopic (exact) mass is 167 g/mol. The summed E-state index contributed by atoms with van der Waals surface area (Å²) in [6.45, 7) is 1.93. The molecule has 0 saturated heterocycles. The van der Waals surface area contributed by atoms with Gasteiger partial charge in [-0.05, 0) is 6.92 Å². The second-order valence-corrected chi connectivity index (χ2v) is 2.00. The second kappa shape index (κ2) is 3.66. The molecule has 1 aromatic rings. The molecule has 0 aliphatic heterocycles. The van der Waals surface area contributed by atoms with Crippen molar-refractivity contribution in [1.29, 1.82) is 0 Å². The SMILES string of the molecule is CCOC(=O)c1cc([O])cnn1. The molecule has 1 heterocycles. The van der Waals surface area contributed by atoms with E-state index in [1.807, 2.05) is 0 Å². The number of carbonyl (C=O) groups is 1. The normalized spacial score (nSPS) is 9.42. The van der Waals surface area contributed by atoms with Gasteiger partial charge in [-0.1, -0.05) is 0 Å². The standard InChI is InChI=1S/C7H7N2O3/c1-2-12-7(11)6-3-5(10)4-8-9-6/h3-4H,2H2,1H3. The Hall–Kier alpha value is -1.65. The van der Waals surface area contributed by atoms with Crippen LogP contribution in [0.2, 0.25) is 0 Å². The maximum absolute atomic E-state index is 10.9. The van der Waals surface area contributed by atoms with E-state index < -0.39 is 5.97 Å². The summed E-state index contributed by atoms with van der Waals surface area (Å²) < 4.78 is 4.60. The van der Waals surface area contributed by atoms with Crippen molar-refractivity contribution in [3.8, 4) is 5.75 Å². The Morgan fingerprint density at radius 2 is 2.42 bits per heavy atom. The number of esters is 1. The maximum Gasteiger partial charge on any atom is 0.358 e. The molecule has 1 radical (unpaired) electrons. The predicted molar refractivity (Wildman–Crippen MR) is 38.1 cm³/mol. The third-order valence-electron chi connectivity index (χ3n) is 1.11. The zero-order valence-corrected chi connectivity index (χ0v) is 6.48. The molecule has 0 atom stereocenters. The molecule has 0 saturated carbocycles. The minimum Gasteiger partial charge on any atom is -0.461 e. The van der Waals surface area contributed by atoms with Gasteiger partial charge in [0, 0.05) is 6.07 Å². The molecule has 0 N–H and O–H groups in total. The Morgan fingerprint density at radius 1 is 1.67 bits per heavy atom. The fourth-order valence-corrected chi connectivity index (χ4v) is 0.654. The van der Waals surface area contributed by atoms with Gasteiger partial charge >= 0.3 is 5.97 Å². The number of carbonyl (C=O) groups excluding carboxylic acids is 1. The van der Waals surface area contributed by atoms with Gasteiger partial charge in [0.2, 0.25) is 5.75 Å². The molecule has 0 aliphatic rings. The lowest BCUT2D eigenvalue weighted by Crippen LogP contribution is -2.07. The fraction of sp³-hybridized carbons (Fsp3) is 0.286. The van der Waals surface area contributed by atoms with Crippen molar-refractivity contribution in [3.05, 3.63) is 18.0 Å². The zero-order chi connectivity index (χ0) is 8.97. The van der Waals surface area contributed by atoms with Crippen molar-refractivity contribution in [2.75, 3.05) is 6.61 Å². The van der Waals surface area contributed by atoms with E-state index in [1.165, 1.54) is 0 Å². The van der Waals surface area contributed by atoms with E-state index in [1.54, 1.807) is 6.92 Å². The quantitative estimate of drug-likeness (QED) is 0.610. The second-order valence-electron chi connectivity index (χ2n) is 2.00. The minimum absolute atomic E-state index is 0.0515. The summed E-state index contributed by atoms with van der Waals surface area (Å²) in [5.74, 6) is -0.976. The Bertz CT molecular complexity index is 288. The molecule has 0 fully saturated rings. The van der Waals surface area contributed by atoms with E-state index in [0.29, 0.717) is 0 Å². The molecule has 5 heteroatoms. The average molecular weight is 167 g/mol. The molecule has 0 amide bonds. The highest BCUT2D eigenvalue weighted by Crippen LogP contribution is 2.07. The Kier molecular flexibility index (Phi) is 2.57. The van der Waals surface area contributed by atoms with Gasteiger partial charge in [0.1, 0.15) is 0 Å². The maximum atomic E-state index is 10.9. The Morgan fingerprint density at radius 3 is 3.00 bits per heavy atom. The van der Waals surface area contributed by atoms with Gasteiger partial charge < -0.3 is 4.74 Å². The first-order valence-electron chi connectivity index (χ1n) is 3.41. The highest BCUT2D eigenvalue weighted by molar-refractivity contribution is 5.87. The van der Waals surface area contributed by atoms with Crippen LogP contribution in [0.3, 0.4) is 0 Å². The van der Waals surface area contributed by atoms with Crippen LogP contribution in [0, 0.1) is 0 Å². The van der Waals surface area contributed by atoms with Gasteiger partial charge in [0.25, 0.3) is 0 Å². The molecule has 63 valence electrons. The largest absolute Gasteiger partial charge is 0.461 e. The van der Waals surface area contributed by atoms with Crippen LogP contribution in [0.4, 0.5) is 0 Å². The number of rotatable bonds is 2. The van der Waals surface area contributed by atoms with E-state index in [9.17, 15) is 9.90 Å². The van der Waals surface area contributed by atoms with Crippen molar-refractivity contribution in [2.45, 2.75) is 6.92 Å². The van der Waals surface area contributed by atoms with Gasteiger partial charge in [0.15, 0.2) is 5.69 Å². The molecule has 0 bridgehead atoms. The minimum atomic E-state index is -0.622. The van der Waals surface area contributed by atoms with Gasteiger partial charge in [-0.3, -0.25) is 5.11 Å². The Balaban J connectivity index is 2.81. The summed E-state index contributed by atoms with van der Waals surface area (Å²) in [6, 6.07) is 1.09. The number of aromatic nitrogens is 2. The van der Waals surface area contributed by atoms with E-state index in [4.69, 9.17) is 0 Å². The van der Waals surface area contributed by atoms with Crippen LogP contribution < -0.4 is 0 Å². The summed E-state index contributed by atoms with van der Waals surface area (Å²) in [5.41, 5.74) is -0.0515. The molecule has 0 spiro atoms. The van der Waals surface area contributed by atoms with Crippen molar-refractivity contribution in [3.63, 3.8) is 0 Å². The molecule has 1 aromatic heterocycles. The average Bonchev–Trinajstić information content (AvgIpc) is 2.05. The molecule has 0 unspecified atom stereocenters. The highest BCUT2D eigenvalue weighted by atomic mass is 16.5. The highest BCUT2D eigenvalue weighted by Gasteiger charge is 2.09. The molecule has 0 aliphatic carbocycles. The molecular formula is C7H7N2O3. The molecule has 5 nitrogen and oxygen atoms in total. The van der Waals surface area contributed by atoms with Gasteiger partial charge in [-0.15, -0.1) is 5.10 Å². The summed E-state index contributed by atoms with van der Waals surface area (Å²) in [7, 11) is 0. The summed E-state index contributed by atoms with van der Waals surface area (Å²) >= 11 is 0. The first-order valence-corrected chi connectivity index (χ1v) is 3.41. The van der Waals surface area contributed by atoms with Gasteiger partial charge in [-0.2, -0.15) is 5.10 Å². The topological polar surface area (TPSA) is 72.0 Å². The van der Waals surface area contributed by atoms with Crippen molar-refractivity contribution >= 4 is 5.97 Å². The number of hydrogen-bond donors (Lipinski definition) is 0. The fourth-order valence-electron chi connectivity index (χ4n) is 0.654. The van der Waals surface area contributed by atoms with E-state index in [0.717, 1.165) is 12.3 Å². The van der Waals surface area contributed by atoms with E-state index >= 15 is 0 Å². The van der Waals surface area contributed by atoms with Crippen molar-refractivity contribution < 1.29 is 14.6 Å².